The molecular weight excluding hydrogens is 268 g/mol. The minimum atomic E-state index is -0.258. The Labute approximate surface area is 122 Å². The van der Waals surface area contributed by atoms with Crippen molar-refractivity contribution in [2.24, 2.45) is 0 Å². The number of carbonyl (C=O) groups is 1. The third kappa shape index (κ3) is 1.66. The van der Waals surface area contributed by atoms with Crippen LogP contribution in [0.15, 0.2) is 12.3 Å². The summed E-state index contributed by atoms with van der Waals surface area (Å²) in [4.78, 5) is 14.5. The second-order valence-corrected chi connectivity index (χ2v) is 5.67. The first kappa shape index (κ1) is 12.6. The predicted octanol–water partition coefficient (Wildman–Crippen LogP) is 1.40. The number of amides is 1. The topological polar surface area (TPSA) is 68.8 Å². The van der Waals surface area contributed by atoms with Gasteiger partial charge in [0.05, 0.1) is 6.04 Å². The fraction of sp³-hybridized carbons (Fsp3) is 0.571. The Kier molecular flexibility index (Phi) is 2.63. The van der Waals surface area contributed by atoms with Gasteiger partial charge in [-0.1, -0.05) is 0 Å². The lowest BCUT2D eigenvalue weighted by Gasteiger charge is -2.34. The number of hydrogen-bond donors (Lipinski definition) is 0. The van der Waals surface area contributed by atoms with Crippen molar-refractivity contribution in [1.29, 1.82) is 0 Å². The molecule has 0 saturated carbocycles. The van der Waals surface area contributed by atoms with Crippen LogP contribution in [0.1, 0.15) is 44.6 Å². The van der Waals surface area contributed by atoms with Crippen molar-refractivity contribution >= 4 is 5.91 Å². The van der Waals surface area contributed by atoms with E-state index in [-0.39, 0.29) is 18.0 Å². The van der Waals surface area contributed by atoms with E-state index in [0.717, 1.165) is 37.4 Å². The molecule has 1 amide bonds. The summed E-state index contributed by atoms with van der Waals surface area (Å²) in [6.45, 7) is 5.61. The molecule has 0 N–H and O–H groups in total. The van der Waals surface area contributed by atoms with Gasteiger partial charge in [-0.3, -0.25) is 14.0 Å². The number of nitrogens with zero attached hydrogens (tertiary/aromatic N) is 6. The van der Waals surface area contributed by atoms with Gasteiger partial charge >= 0.3 is 0 Å². The molecule has 7 nitrogen and oxygen atoms in total. The maximum absolute atomic E-state index is 12.5. The van der Waals surface area contributed by atoms with Crippen molar-refractivity contribution in [3.8, 4) is 11.5 Å². The van der Waals surface area contributed by atoms with Crippen LogP contribution in [0.5, 0.6) is 0 Å². The van der Waals surface area contributed by atoms with Crippen LogP contribution in [0.2, 0.25) is 0 Å². The molecule has 0 aromatic carbocycles. The summed E-state index contributed by atoms with van der Waals surface area (Å²) < 4.78 is 3.82. The summed E-state index contributed by atoms with van der Waals surface area (Å²) in [5.41, 5.74) is 0.779. The van der Waals surface area contributed by atoms with E-state index in [0.29, 0.717) is 5.82 Å². The Morgan fingerprint density at radius 1 is 1.38 bits per heavy atom. The second kappa shape index (κ2) is 4.41. The molecule has 0 unspecified atom stereocenters. The first-order valence-corrected chi connectivity index (χ1v) is 7.49. The van der Waals surface area contributed by atoms with Crippen LogP contribution in [0, 0.1) is 0 Å². The number of aryl methyl sites for hydroxylation is 1. The third-order valence-electron chi connectivity index (χ3n) is 4.49. The minimum absolute atomic E-state index is 0.0863. The van der Waals surface area contributed by atoms with E-state index in [1.807, 2.05) is 40.3 Å². The van der Waals surface area contributed by atoms with Gasteiger partial charge < -0.3 is 4.90 Å². The highest BCUT2D eigenvalue weighted by atomic mass is 16.2. The highest BCUT2D eigenvalue weighted by Gasteiger charge is 2.42. The second-order valence-electron chi connectivity index (χ2n) is 5.67. The molecule has 7 heteroatoms. The Hall–Kier alpha value is -2.18. The molecule has 4 heterocycles. The molecule has 0 bridgehead atoms. The highest BCUT2D eigenvalue weighted by Crippen LogP contribution is 2.39. The summed E-state index contributed by atoms with van der Waals surface area (Å²) in [5.74, 6) is 1.77. The average molecular weight is 286 g/mol. The molecule has 110 valence electrons. The van der Waals surface area contributed by atoms with E-state index in [2.05, 4.69) is 15.3 Å². The molecule has 21 heavy (non-hydrogen) atoms. The van der Waals surface area contributed by atoms with Crippen molar-refractivity contribution in [2.45, 2.75) is 45.3 Å². The number of carbonyl (C=O) groups excluding carboxylic acids is 1. The highest BCUT2D eigenvalue weighted by molar-refractivity contribution is 5.82. The van der Waals surface area contributed by atoms with E-state index in [1.165, 1.54) is 0 Å². The van der Waals surface area contributed by atoms with Gasteiger partial charge in [0, 0.05) is 19.3 Å². The van der Waals surface area contributed by atoms with Gasteiger partial charge in [-0.25, -0.2) is 0 Å². The smallest absolute Gasteiger partial charge is 0.246 e. The normalized spacial score (nSPS) is 24.3. The Balaban J connectivity index is 1.84. The lowest BCUT2D eigenvalue weighted by molar-refractivity contribution is -0.137. The zero-order valence-corrected chi connectivity index (χ0v) is 12.2. The third-order valence-corrected chi connectivity index (χ3v) is 4.49. The molecule has 2 aliphatic rings. The maximum atomic E-state index is 12.5. The standard InChI is InChI=1S/C14H18N6O/c1-3-18-8-6-10(17-18)12-15-16-13-11-5-4-7-19(11)14(21)9(2)20(12)13/h6,8-9,11H,3-5,7H2,1-2H3/t9-,11+/m0/s1. The van der Waals surface area contributed by atoms with Crippen molar-refractivity contribution in [3.63, 3.8) is 0 Å². The van der Waals surface area contributed by atoms with Crippen LogP contribution in [0.3, 0.4) is 0 Å². The number of aromatic nitrogens is 5. The SMILES string of the molecule is CCn1ccc(-c2nnc3n2[C@@H](C)C(=O)N2CCC[C@H]32)n1. The largest absolute Gasteiger partial charge is 0.331 e. The lowest BCUT2D eigenvalue weighted by Crippen LogP contribution is -2.42. The monoisotopic (exact) mass is 286 g/mol. The Morgan fingerprint density at radius 2 is 2.24 bits per heavy atom. The van der Waals surface area contributed by atoms with Crippen molar-refractivity contribution < 1.29 is 4.79 Å². The fourth-order valence-electron chi connectivity index (χ4n) is 3.39. The van der Waals surface area contributed by atoms with Crippen LogP contribution >= 0.6 is 0 Å². The zero-order valence-electron chi connectivity index (χ0n) is 12.2. The van der Waals surface area contributed by atoms with Crippen molar-refractivity contribution in [1.82, 2.24) is 29.4 Å². The number of rotatable bonds is 2. The molecule has 2 aliphatic heterocycles. The van der Waals surface area contributed by atoms with E-state index >= 15 is 0 Å². The molecule has 2 aromatic rings. The Bertz CT molecular complexity index is 702. The van der Waals surface area contributed by atoms with Crippen molar-refractivity contribution in [2.75, 3.05) is 6.54 Å². The summed E-state index contributed by atoms with van der Waals surface area (Å²) >= 11 is 0. The molecule has 2 aromatic heterocycles. The van der Waals surface area contributed by atoms with Gasteiger partial charge in [0.25, 0.3) is 0 Å². The van der Waals surface area contributed by atoms with E-state index in [4.69, 9.17) is 0 Å². The first-order valence-electron chi connectivity index (χ1n) is 7.49. The minimum Gasteiger partial charge on any atom is -0.331 e. The van der Waals surface area contributed by atoms with Gasteiger partial charge in [0.15, 0.2) is 11.6 Å². The molecule has 2 atom stereocenters. The van der Waals surface area contributed by atoms with Crippen LogP contribution in [-0.4, -0.2) is 41.9 Å². The summed E-state index contributed by atoms with van der Waals surface area (Å²) in [6.07, 6.45) is 3.93. The fourth-order valence-corrected chi connectivity index (χ4v) is 3.39. The molecule has 0 spiro atoms. The van der Waals surface area contributed by atoms with Crippen LogP contribution in [0.4, 0.5) is 0 Å². The van der Waals surface area contributed by atoms with Gasteiger partial charge in [-0.2, -0.15) is 5.10 Å². The molecule has 1 saturated heterocycles. The zero-order chi connectivity index (χ0) is 14.6. The Morgan fingerprint density at radius 3 is 3.00 bits per heavy atom. The van der Waals surface area contributed by atoms with Gasteiger partial charge in [-0.05, 0) is 32.8 Å². The van der Waals surface area contributed by atoms with E-state index < -0.39 is 0 Å². The average Bonchev–Trinajstić information content (AvgIpc) is 3.20. The molecule has 1 fully saturated rings. The van der Waals surface area contributed by atoms with Crippen LogP contribution in [0.25, 0.3) is 11.5 Å². The maximum Gasteiger partial charge on any atom is 0.246 e. The van der Waals surface area contributed by atoms with Gasteiger partial charge in [-0.15, -0.1) is 10.2 Å². The van der Waals surface area contributed by atoms with Gasteiger partial charge in [0.2, 0.25) is 5.91 Å². The number of fused-ring (bicyclic) bond motifs is 3. The quantitative estimate of drug-likeness (QED) is 0.837. The molecular formula is C14H18N6O. The van der Waals surface area contributed by atoms with Gasteiger partial charge in [0.1, 0.15) is 11.7 Å². The van der Waals surface area contributed by atoms with E-state index in [9.17, 15) is 4.79 Å². The van der Waals surface area contributed by atoms with Crippen molar-refractivity contribution in [3.05, 3.63) is 18.1 Å². The molecule has 0 radical (unpaired) electrons. The predicted molar refractivity (Wildman–Crippen MR) is 75.3 cm³/mol. The summed E-state index contributed by atoms with van der Waals surface area (Å²) in [6, 6.07) is 1.76. The van der Waals surface area contributed by atoms with E-state index in [1.54, 1.807) is 0 Å². The number of hydrogen-bond acceptors (Lipinski definition) is 4. The first-order chi connectivity index (χ1) is 10.2. The molecule has 0 aliphatic carbocycles. The molecule has 4 rings (SSSR count). The summed E-state index contributed by atoms with van der Waals surface area (Å²) in [7, 11) is 0. The lowest BCUT2D eigenvalue weighted by atomic mass is 10.1. The summed E-state index contributed by atoms with van der Waals surface area (Å²) in [5, 5.41) is 13.2. The van der Waals surface area contributed by atoms with Crippen LogP contribution in [-0.2, 0) is 11.3 Å². The van der Waals surface area contributed by atoms with Crippen LogP contribution < -0.4 is 0 Å².